The van der Waals surface area contributed by atoms with Crippen molar-refractivity contribution in [3.05, 3.63) is 70.0 Å². The van der Waals surface area contributed by atoms with Crippen molar-refractivity contribution in [3.8, 4) is 0 Å². The third kappa shape index (κ3) is 3.27. The second-order valence-electron chi connectivity index (χ2n) is 5.13. The molecular formula is C17H18F3N. The molecule has 0 saturated heterocycles. The molecule has 0 saturated carbocycles. The van der Waals surface area contributed by atoms with Crippen molar-refractivity contribution in [1.82, 2.24) is 5.32 Å². The van der Waals surface area contributed by atoms with Crippen LogP contribution in [0.25, 0.3) is 0 Å². The fourth-order valence-corrected chi connectivity index (χ4v) is 2.47. The lowest BCUT2D eigenvalue weighted by Gasteiger charge is -2.22. The molecule has 0 aromatic heterocycles. The van der Waals surface area contributed by atoms with E-state index in [0.29, 0.717) is 18.7 Å². The predicted octanol–water partition coefficient (Wildman–Crippen LogP) is 4.42. The van der Waals surface area contributed by atoms with Crippen molar-refractivity contribution in [1.29, 1.82) is 0 Å². The molecule has 0 amide bonds. The first-order chi connectivity index (χ1) is 9.93. The summed E-state index contributed by atoms with van der Waals surface area (Å²) in [7, 11) is 0. The first kappa shape index (κ1) is 15.6. The highest BCUT2D eigenvalue weighted by Crippen LogP contribution is 2.30. The zero-order valence-corrected chi connectivity index (χ0v) is 12.3. The van der Waals surface area contributed by atoms with E-state index in [9.17, 15) is 13.2 Å². The maximum atomic E-state index is 14.1. The van der Waals surface area contributed by atoms with Gasteiger partial charge in [-0.05, 0) is 31.5 Å². The SMILES string of the molecule is CCNC(c1cc(C)ccc1C)c1c(F)cc(F)cc1F. The van der Waals surface area contributed by atoms with Gasteiger partial charge in [-0.3, -0.25) is 0 Å². The molecule has 0 aliphatic carbocycles. The second kappa shape index (κ2) is 6.31. The highest BCUT2D eigenvalue weighted by molar-refractivity contribution is 5.40. The maximum Gasteiger partial charge on any atom is 0.134 e. The van der Waals surface area contributed by atoms with Gasteiger partial charge in [0.1, 0.15) is 17.5 Å². The third-order valence-corrected chi connectivity index (χ3v) is 3.49. The monoisotopic (exact) mass is 293 g/mol. The Bertz CT molecular complexity index is 629. The topological polar surface area (TPSA) is 12.0 Å². The quantitative estimate of drug-likeness (QED) is 0.880. The van der Waals surface area contributed by atoms with E-state index in [1.165, 1.54) is 0 Å². The Hall–Kier alpha value is -1.81. The first-order valence-corrected chi connectivity index (χ1v) is 6.89. The molecule has 21 heavy (non-hydrogen) atoms. The van der Waals surface area contributed by atoms with Gasteiger partial charge >= 0.3 is 0 Å². The molecule has 0 spiro atoms. The van der Waals surface area contributed by atoms with Crippen LogP contribution in [0.3, 0.4) is 0 Å². The van der Waals surface area contributed by atoms with E-state index in [4.69, 9.17) is 0 Å². The van der Waals surface area contributed by atoms with Crippen LogP contribution in [-0.4, -0.2) is 6.54 Å². The summed E-state index contributed by atoms with van der Waals surface area (Å²) < 4.78 is 41.3. The van der Waals surface area contributed by atoms with E-state index >= 15 is 0 Å². The molecule has 0 radical (unpaired) electrons. The van der Waals surface area contributed by atoms with Crippen molar-refractivity contribution in [2.75, 3.05) is 6.54 Å². The molecule has 1 atom stereocenters. The number of hydrogen-bond donors (Lipinski definition) is 1. The lowest BCUT2D eigenvalue weighted by molar-refractivity contribution is 0.491. The third-order valence-electron chi connectivity index (χ3n) is 3.49. The highest BCUT2D eigenvalue weighted by Gasteiger charge is 2.23. The zero-order chi connectivity index (χ0) is 15.6. The molecule has 0 bridgehead atoms. The van der Waals surface area contributed by atoms with Crippen LogP contribution in [0.2, 0.25) is 0 Å². The van der Waals surface area contributed by atoms with E-state index in [0.717, 1.165) is 16.7 Å². The van der Waals surface area contributed by atoms with Crippen molar-refractivity contribution >= 4 is 0 Å². The van der Waals surface area contributed by atoms with Gasteiger partial charge in [-0.15, -0.1) is 0 Å². The van der Waals surface area contributed by atoms with E-state index in [-0.39, 0.29) is 5.56 Å². The number of aryl methyl sites for hydroxylation is 2. The smallest absolute Gasteiger partial charge is 0.134 e. The fraction of sp³-hybridized carbons (Fsp3) is 0.294. The van der Waals surface area contributed by atoms with Crippen LogP contribution in [0.5, 0.6) is 0 Å². The Morgan fingerprint density at radius 2 is 1.62 bits per heavy atom. The Morgan fingerprint density at radius 3 is 2.19 bits per heavy atom. The molecule has 0 heterocycles. The first-order valence-electron chi connectivity index (χ1n) is 6.89. The standard InChI is InChI=1S/C17H18F3N/c1-4-21-17(13-7-10(2)5-6-11(13)3)16-14(19)8-12(18)9-15(16)20/h5-9,17,21H,4H2,1-3H3. The van der Waals surface area contributed by atoms with E-state index in [2.05, 4.69) is 5.32 Å². The summed E-state index contributed by atoms with van der Waals surface area (Å²) >= 11 is 0. The normalized spacial score (nSPS) is 12.5. The maximum absolute atomic E-state index is 14.1. The van der Waals surface area contributed by atoms with Crippen molar-refractivity contribution in [2.45, 2.75) is 26.8 Å². The van der Waals surface area contributed by atoms with Gasteiger partial charge in [0.2, 0.25) is 0 Å². The fourth-order valence-electron chi connectivity index (χ4n) is 2.47. The lowest BCUT2D eigenvalue weighted by atomic mass is 9.92. The molecule has 1 N–H and O–H groups in total. The number of halogens is 3. The van der Waals surface area contributed by atoms with Crippen molar-refractivity contribution in [3.63, 3.8) is 0 Å². The summed E-state index contributed by atoms with van der Waals surface area (Å²) in [6.07, 6.45) is 0. The van der Waals surface area contributed by atoms with Crippen molar-refractivity contribution in [2.24, 2.45) is 0 Å². The summed E-state index contributed by atoms with van der Waals surface area (Å²) in [5.41, 5.74) is 2.57. The highest BCUT2D eigenvalue weighted by atomic mass is 19.1. The van der Waals surface area contributed by atoms with Gasteiger partial charge in [-0.1, -0.05) is 30.7 Å². The van der Waals surface area contributed by atoms with Gasteiger partial charge in [-0.2, -0.15) is 0 Å². The van der Waals surface area contributed by atoms with Gasteiger partial charge in [0.25, 0.3) is 0 Å². The average molecular weight is 293 g/mol. The number of rotatable bonds is 4. The molecule has 0 fully saturated rings. The summed E-state index contributed by atoms with van der Waals surface area (Å²) in [6, 6.07) is 6.54. The van der Waals surface area contributed by atoms with E-state index < -0.39 is 23.5 Å². The Balaban J connectivity index is 2.61. The van der Waals surface area contributed by atoms with Gasteiger partial charge in [-0.25, -0.2) is 13.2 Å². The van der Waals surface area contributed by atoms with Crippen LogP contribution >= 0.6 is 0 Å². The minimum atomic E-state index is -0.912. The van der Waals surface area contributed by atoms with E-state index in [1.807, 2.05) is 39.0 Å². The minimum absolute atomic E-state index is 0.146. The zero-order valence-electron chi connectivity index (χ0n) is 12.3. The number of hydrogen-bond acceptors (Lipinski definition) is 1. The van der Waals surface area contributed by atoms with Crippen LogP contribution in [-0.2, 0) is 0 Å². The molecule has 2 aromatic rings. The predicted molar refractivity (Wildman–Crippen MR) is 77.8 cm³/mol. The molecule has 1 unspecified atom stereocenters. The molecular weight excluding hydrogens is 275 g/mol. The molecule has 2 aromatic carbocycles. The molecule has 4 heteroatoms. The molecule has 0 aliphatic heterocycles. The van der Waals surface area contributed by atoms with E-state index in [1.54, 1.807) is 0 Å². The van der Waals surface area contributed by atoms with Crippen LogP contribution in [0.15, 0.2) is 30.3 Å². The second-order valence-corrected chi connectivity index (χ2v) is 5.13. The van der Waals surface area contributed by atoms with Crippen LogP contribution in [0, 0.1) is 31.3 Å². The Labute approximate surface area is 122 Å². The molecule has 0 aliphatic rings. The lowest BCUT2D eigenvalue weighted by Crippen LogP contribution is -2.25. The number of benzene rings is 2. The summed E-state index contributed by atoms with van der Waals surface area (Å²) in [4.78, 5) is 0. The average Bonchev–Trinajstić information content (AvgIpc) is 2.39. The van der Waals surface area contributed by atoms with Gasteiger partial charge in [0.05, 0.1) is 6.04 Å². The molecule has 112 valence electrons. The van der Waals surface area contributed by atoms with Crippen LogP contribution in [0.4, 0.5) is 13.2 Å². The summed E-state index contributed by atoms with van der Waals surface area (Å²) in [6.45, 7) is 6.20. The largest absolute Gasteiger partial charge is 0.306 e. The summed E-state index contributed by atoms with van der Waals surface area (Å²) in [5.74, 6) is -2.66. The summed E-state index contributed by atoms with van der Waals surface area (Å²) in [5, 5.41) is 3.08. The van der Waals surface area contributed by atoms with Gasteiger partial charge < -0.3 is 5.32 Å². The van der Waals surface area contributed by atoms with Crippen LogP contribution in [0.1, 0.15) is 35.2 Å². The van der Waals surface area contributed by atoms with Gasteiger partial charge in [0.15, 0.2) is 0 Å². The van der Waals surface area contributed by atoms with Crippen molar-refractivity contribution < 1.29 is 13.2 Å². The van der Waals surface area contributed by atoms with Gasteiger partial charge in [0, 0.05) is 17.7 Å². The van der Waals surface area contributed by atoms with Crippen LogP contribution < -0.4 is 5.32 Å². The number of nitrogens with one attached hydrogen (secondary N) is 1. The Kier molecular flexibility index (Phi) is 4.68. The molecule has 2 rings (SSSR count). The Morgan fingerprint density at radius 1 is 1.00 bits per heavy atom. The minimum Gasteiger partial charge on any atom is -0.306 e. The molecule has 1 nitrogen and oxygen atoms in total.